The van der Waals surface area contributed by atoms with Crippen LogP contribution in [0.25, 0.3) is 0 Å². The molecule has 1 saturated heterocycles. The van der Waals surface area contributed by atoms with Gasteiger partial charge in [-0.2, -0.15) is 0 Å². The third-order valence-electron chi connectivity index (χ3n) is 4.69. The van der Waals surface area contributed by atoms with Gasteiger partial charge < -0.3 is 15.0 Å². The van der Waals surface area contributed by atoms with Crippen LogP contribution in [0.5, 0.6) is 0 Å². The number of carbonyl (C=O) groups excluding carboxylic acids is 1. The highest BCUT2D eigenvalue weighted by molar-refractivity contribution is 5.84. The fourth-order valence-corrected chi connectivity index (χ4v) is 3.24. The molecule has 0 spiro atoms. The van der Waals surface area contributed by atoms with E-state index in [4.69, 9.17) is 5.11 Å². The second kappa shape index (κ2) is 8.62. The number of nitrogens with one attached hydrogen (secondary N) is 2. The number of hydrogen-bond acceptors (Lipinski definition) is 4. The summed E-state index contributed by atoms with van der Waals surface area (Å²) in [6.07, 6.45) is 6.65. The molecule has 3 rings (SSSR count). The summed E-state index contributed by atoms with van der Waals surface area (Å²) in [5.41, 5.74) is 1.31. The van der Waals surface area contributed by atoms with E-state index in [0.717, 1.165) is 25.2 Å². The lowest BCUT2D eigenvalue weighted by Crippen LogP contribution is -2.44. The van der Waals surface area contributed by atoms with E-state index in [1.807, 2.05) is 29.0 Å². The van der Waals surface area contributed by atoms with Crippen molar-refractivity contribution < 1.29 is 14.7 Å². The van der Waals surface area contributed by atoms with Crippen LogP contribution in [0.3, 0.4) is 0 Å². The predicted octanol–water partition coefficient (Wildman–Crippen LogP) is 1.34. The molecule has 1 fully saturated rings. The number of imidazole rings is 1. The number of amides is 1. The minimum Gasteiger partial charge on any atom is -0.480 e. The largest absolute Gasteiger partial charge is 0.480 e. The molecule has 2 aromatic rings. The predicted molar refractivity (Wildman–Crippen MR) is 96.4 cm³/mol. The summed E-state index contributed by atoms with van der Waals surface area (Å²) in [4.78, 5) is 27.5. The number of benzene rings is 1. The quantitative estimate of drug-likeness (QED) is 0.663. The summed E-state index contributed by atoms with van der Waals surface area (Å²) in [7, 11) is 0. The average molecular weight is 356 g/mol. The fourth-order valence-electron chi connectivity index (χ4n) is 3.24. The normalized spacial score (nSPS) is 19.4. The molecule has 2 heterocycles. The molecule has 0 radical (unpaired) electrons. The molecule has 1 aromatic heterocycles. The number of carbonyl (C=O) groups is 2. The van der Waals surface area contributed by atoms with Gasteiger partial charge in [-0.15, -0.1) is 0 Å². The van der Waals surface area contributed by atoms with Crippen molar-refractivity contribution in [3.05, 3.63) is 54.1 Å². The summed E-state index contributed by atoms with van der Waals surface area (Å²) in [6, 6.07) is 9.25. The van der Waals surface area contributed by atoms with E-state index < -0.39 is 18.1 Å². The van der Waals surface area contributed by atoms with Crippen LogP contribution in [0.1, 0.15) is 30.7 Å². The van der Waals surface area contributed by atoms with Gasteiger partial charge in [-0.05, 0) is 31.2 Å². The van der Waals surface area contributed by atoms with E-state index in [0.29, 0.717) is 19.4 Å². The number of aliphatic carboxylic acids is 1. The lowest BCUT2D eigenvalue weighted by Gasteiger charge is -2.13. The first-order valence-corrected chi connectivity index (χ1v) is 8.94. The monoisotopic (exact) mass is 356 g/mol. The van der Waals surface area contributed by atoms with Gasteiger partial charge in [-0.25, -0.2) is 4.98 Å². The van der Waals surface area contributed by atoms with Crippen molar-refractivity contribution in [1.82, 2.24) is 20.2 Å². The van der Waals surface area contributed by atoms with Crippen molar-refractivity contribution in [3.63, 3.8) is 0 Å². The zero-order chi connectivity index (χ0) is 18.4. The lowest BCUT2D eigenvalue weighted by atomic mass is 10.1. The molecular weight excluding hydrogens is 332 g/mol. The van der Waals surface area contributed by atoms with E-state index in [1.54, 1.807) is 6.20 Å². The maximum absolute atomic E-state index is 12.2. The van der Waals surface area contributed by atoms with Crippen LogP contribution in [0.15, 0.2) is 42.7 Å². The fraction of sp³-hybridized carbons (Fsp3) is 0.421. The smallest absolute Gasteiger partial charge is 0.320 e. The molecule has 138 valence electrons. The van der Waals surface area contributed by atoms with Gasteiger partial charge in [0, 0.05) is 18.9 Å². The molecule has 7 heteroatoms. The van der Waals surface area contributed by atoms with Gasteiger partial charge in [-0.3, -0.25) is 14.9 Å². The van der Waals surface area contributed by atoms with Crippen molar-refractivity contribution in [3.8, 4) is 0 Å². The topological polar surface area (TPSA) is 96.2 Å². The van der Waals surface area contributed by atoms with Gasteiger partial charge in [0.1, 0.15) is 11.9 Å². The first-order chi connectivity index (χ1) is 12.6. The molecule has 0 unspecified atom stereocenters. The number of carboxylic acid groups (broad SMARTS) is 1. The number of nitrogens with zero attached hydrogens (tertiary/aromatic N) is 2. The molecule has 7 nitrogen and oxygen atoms in total. The zero-order valence-electron chi connectivity index (χ0n) is 14.6. The van der Waals surface area contributed by atoms with Gasteiger partial charge in [0.25, 0.3) is 0 Å². The highest BCUT2D eigenvalue weighted by atomic mass is 16.4. The highest BCUT2D eigenvalue weighted by Gasteiger charge is 2.32. The Kier molecular flexibility index (Phi) is 6.01. The molecule has 3 N–H and O–H groups in total. The van der Waals surface area contributed by atoms with Crippen molar-refractivity contribution in [1.29, 1.82) is 0 Å². The van der Waals surface area contributed by atoms with Gasteiger partial charge >= 0.3 is 5.97 Å². The maximum atomic E-state index is 12.2. The molecule has 1 amide bonds. The molecule has 2 atom stereocenters. The summed E-state index contributed by atoms with van der Waals surface area (Å²) in [5, 5.41) is 14.7. The third-order valence-corrected chi connectivity index (χ3v) is 4.69. The van der Waals surface area contributed by atoms with Crippen molar-refractivity contribution in [2.24, 2.45) is 0 Å². The molecule has 1 aliphatic rings. The molecule has 0 bridgehead atoms. The first kappa shape index (κ1) is 18.1. The minimum atomic E-state index is -0.908. The van der Waals surface area contributed by atoms with Gasteiger partial charge in [0.15, 0.2) is 0 Å². The van der Waals surface area contributed by atoms with Gasteiger partial charge in [-0.1, -0.05) is 30.3 Å². The third kappa shape index (κ3) is 4.70. The minimum absolute atomic E-state index is 0.174. The summed E-state index contributed by atoms with van der Waals surface area (Å²) >= 11 is 0. The van der Waals surface area contributed by atoms with Crippen molar-refractivity contribution in [2.45, 2.75) is 50.9 Å². The summed E-state index contributed by atoms with van der Waals surface area (Å²) < 4.78 is 2.05. The molecule has 1 aliphatic heterocycles. The first-order valence-electron chi connectivity index (χ1n) is 8.94. The lowest BCUT2D eigenvalue weighted by molar-refractivity contribution is -0.139. The van der Waals surface area contributed by atoms with E-state index in [1.165, 1.54) is 5.56 Å². The van der Waals surface area contributed by atoms with Crippen LogP contribution in [-0.2, 0) is 29.1 Å². The van der Waals surface area contributed by atoms with Crippen LogP contribution in [-0.4, -0.2) is 38.6 Å². The van der Waals surface area contributed by atoms with E-state index in [-0.39, 0.29) is 5.91 Å². The van der Waals surface area contributed by atoms with Gasteiger partial charge in [0.2, 0.25) is 5.91 Å². The van der Waals surface area contributed by atoms with Crippen LogP contribution >= 0.6 is 0 Å². The summed E-state index contributed by atoms with van der Waals surface area (Å²) in [5.74, 6) is -0.277. The average Bonchev–Trinajstić information content (AvgIpc) is 3.30. The Morgan fingerprint density at radius 2 is 2.00 bits per heavy atom. The second-order valence-corrected chi connectivity index (χ2v) is 6.53. The Morgan fingerprint density at radius 3 is 2.73 bits per heavy atom. The standard InChI is InChI=1S/C19H24N4O3/c24-18(15-8-9-16(22-15)19(25)26)21-13-17-20-10-12-23(17)11-4-7-14-5-2-1-3-6-14/h1-3,5-6,10,12,15-16,22H,4,7-9,11,13H2,(H,21,24)(H,25,26)/t15-,16+/m1/s1. The van der Waals surface area contributed by atoms with Crippen LogP contribution in [0.2, 0.25) is 0 Å². The Morgan fingerprint density at radius 1 is 1.23 bits per heavy atom. The number of hydrogen-bond donors (Lipinski definition) is 3. The zero-order valence-corrected chi connectivity index (χ0v) is 14.6. The number of rotatable bonds is 8. The van der Waals surface area contributed by atoms with E-state index in [9.17, 15) is 9.59 Å². The second-order valence-electron chi connectivity index (χ2n) is 6.53. The molecule has 0 saturated carbocycles. The number of carboxylic acids is 1. The summed E-state index contributed by atoms with van der Waals surface area (Å²) in [6.45, 7) is 1.18. The SMILES string of the molecule is O=C(O)[C@@H]1CC[C@H](C(=O)NCc2nccn2CCCc2ccccc2)N1. The Labute approximate surface area is 152 Å². The van der Waals surface area contributed by atoms with Crippen molar-refractivity contribution in [2.75, 3.05) is 0 Å². The van der Waals surface area contributed by atoms with Crippen LogP contribution in [0.4, 0.5) is 0 Å². The van der Waals surface area contributed by atoms with Crippen LogP contribution in [0, 0.1) is 0 Å². The molecule has 26 heavy (non-hydrogen) atoms. The number of aromatic nitrogens is 2. The Hall–Kier alpha value is -2.67. The molecular formula is C19H24N4O3. The Bertz CT molecular complexity index is 744. The number of aryl methyl sites for hydroxylation is 2. The van der Waals surface area contributed by atoms with E-state index >= 15 is 0 Å². The molecule has 1 aromatic carbocycles. The van der Waals surface area contributed by atoms with Gasteiger partial charge in [0.05, 0.1) is 12.6 Å². The Balaban J connectivity index is 1.45. The van der Waals surface area contributed by atoms with E-state index in [2.05, 4.69) is 27.8 Å². The maximum Gasteiger partial charge on any atom is 0.320 e. The molecule has 0 aliphatic carbocycles. The highest BCUT2D eigenvalue weighted by Crippen LogP contribution is 2.13. The van der Waals surface area contributed by atoms with Crippen LogP contribution < -0.4 is 10.6 Å². The van der Waals surface area contributed by atoms with Crippen molar-refractivity contribution >= 4 is 11.9 Å².